The van der Waals surface area contributed by atoms with E-state index in [1.54, 1.807) is 38.2 Å². The van der Waals surface area contributed by atoms with Gasteiger partial charge in [0.05, 0.1) is 13.2 Å². The number of nitrogens with zero attached hydrogens (tertiary/aromatic N) is 2. The van der Waals surface area contributed by atoms with Crippen LogP contribution in [0.5, 0.6) is 5.75 Å². The van der Waals surface area contributed by atoms with Crippen LogP contribution in [-0.2, 0) is 11.8 Å². The molecule has 2 aromatic rings. The van der Waals surface area contributed by atoms with Crippen LogP contribution in [0.2, 0.25) is 0 Å². The van der Waals surface area contributed by atoms with Gasteiger partial charge in [0.15, 0.2) is 5.69 Å². The van der Waals surface area contributed by atoms with Crippen molar-refractivity contribution in [1.29, 1.82) is 0 Å². The van der Waals surface area contributed by atoms with Crippen molar-refractivity contribution in [3.63, 3.8) is 0 Å². The number of nitrogens with one attached hydrogen (secondary N) is 1. The third kappa shape index (κ3) is 4.09. The highest BCUT2D eigenvalue weighted by atomic mass is 16.5. The molecule has 0 aliphatic heterocycles. The molecule has 0 saturated heterocycles. The highest BCUT2D eigenvalue weighted by molar-refractivity contribution is 6.04. The number of anilines is 1. The van der Waals surface area contributed by atoms with Crippen molar-refractivity contribution in [2.24, 2.45) is 7.05 Å². The van der Waals surface area contributed by atoms with Crippen LogP contribution in [-0.4, -0.2) is 34.9 Å². The maximum Gasteiger partial charge on any atom is 0.356 e. The number of hydrogen-bond acceptors (Lipinski definition) is 5. The van der Waals surface area contributed by atoms with Crippen LogP contribution in [0, 0.1) is 0 Å². The molecule has 0 fully saturated rings. The van der Waals surface area contributed by atoms with Gasteiger partial charge >= 0.3 is 5.97 Å². The summed E-state index contributed by atoms with van der Waals surface area (Å²) >= 11 is 0. The summed E-state index contributed by atoms with van der Waals surface area (Å²) in [4.78, 5) is 23.9. The number of ether oxygens (including phenoxy) is 2. The fourth-order valence-electron chi connectivity index (χ4n) is 1.97. The first-order valence-corrected chi connectivity index (χ1v) is 7.30. The number of carbonyl (C=O) groups excluding carboxylic acids is 2. The second-order valence-corrected chi connectivity index (χ2v) is 4.67. The molecule has 23 heavy (non-hydrogen) atoms. The van der Waals surface area contributed by atoms with E-state index in [9.17, 15) is 9.59 Å². The van der Waals surface area contributed by atoms with Gasteiger partial charge in [-0.3, -0.25) is 9.48 Å². The quantitative estimate of drug-likeness (QED) is 0.826. The van der Waals surface area contributed by atoms with Gasteiger partial charge in [0.25, 0.3) is 5.91 Å². The van der Waals surface area contributed by atoms with Crippen LogP contribution >= 0.6 is 0 Å². The van der Waals surface area contributed by atoms with Crippen LogP contribution in [0.15, 0.2) is 30.3 Å². The Kier molecular flexibility index (Phi) is 5.35. The molecule has 0 atom stereocenters. The Hall–Kier alpha value is -2.83. The number of hydrogen-bond donors (Lipinski definition) is 1. The van der Waals surface area contributed by atoms with Crippen molar-refractivity contribution in [3.8, 4) is 5.75 Å². The van der Waals surface area contributed by atoms with Gasteiger partial charge in [0.1, 0.15) is 11.4 Å². The average molecular weight is 317 g/mol. The van der Waals surface area contributed by atoms with E-state index in [1.807, 2.05) is 6.92 Å². The summed E-state index contributed by atoms with van der Waals surface area (Å²) in [6.45, 7) is 4.46. The Morgan fingerprint density at radius 1 is 1.17 bits per heavy atom. The van der Waals surface area contributed by atoms with Crippen LogP contribution < -0.4 is 10.1 Å². The van der Waals surface area contributed by atoms with Crippen molar-refractivity contribution in [3.05, 3.63) is 41.7 Å². The van der Waals surface area contributed by atoms with Gasteiger partial charge in [-0.2, -0.15) is 5.10 Å². The van der Waals surface area contributed by atoms with Gasteiger partial charge in [-0.1, -0.05) is 0 Å². The number of aryl methyl sites for hydroxylation is 1. The topological polar surface area (TPSA) is 82.5 Å². The van der Waals surface area contributed by atoms with Gasteiger partial charge < -0.3 is 14.8 Å². The molecule has 0 saturated carbocycles. The lowest BCUT2D eigenvalue weighted by molar-refractivity contribution is 0.0513. The third-order valence-electron chi connectivity index (χ3n) is 3.02. The van der Waals surface area contributed by atoms with Crippen LogP contribution in [0.3, 0.4) is 0 Å². The van der Waals surface area contributed by atoms with E-state index >= 15 is 0 Å². The molecule has 7 heteroatoms. The SMILES string of the molecule is CCOC(=O)c1cc(C(=O)Nc2ccc(OCC)cc2)nn1C. The van der Waals surface area contributed by atoms with Crippen molar-refractivity contribution in [2.45, 2.75) is 13.8 Å². The molecule has 1 N–H and O–H groups in total. The first-order valence-electron chi connectivity index (χ1n) is 7.30. The minimum Gasteiger partial charge on any atom is -0.494 e. The molecule has 2 rings (SSSR count). The fourth-order valence-corrected chi connectivity index (χ4v) is 1.97. The molecule has 0 unspecified atom stereocenters. The van der Waals surface area contributed by atoms with Crippen molar-refractivity contribution < 1.29 is 19.1 Å². The standard InChI is InChI=1S/C16H19N3O4/c1-4-22-12-8-6-11(7-9-12)17-15(20)13-10-14(19(3)18-13)16(21)23-5-2/h6-10H,4-5H2,1-3H3,(H,17,20). The van der Waals surface area contributed by atoms with Crippen molar-refractivity contribution in [1.82, 2.24) is 9.78 Å². The van der Waals surface area contributed by atoms with Crippen LogP contribution in [0.25, 0.3) is 0 Å². The second kappa shape index (κ2) is 7.44. The van der Waals surface area contributed by atoms with E-state index in [4.69, 9.17) is 9.47 Å². The summed E-state index contributed by atoms with van der Waals surface area (Å²) in [6, 6.07) is 8.40. The Morgan fingerprint density at radius 3 is 2.48 bits per heavy atom. The van der Waals surface area contributed by atoms with Gasteiger partial charge in [-0.05, 0) is 38.1 Å². The fraction of sp³-hybridized carbons (Fsp3) is 0.312. The number of carbonyl (C=O) groups is 2. The van der Waals surface area contributed by atoms with Crippen LogP contribution in [0.1, 0.15) is 34.8 Å². The predicted octanol–water partition coefficient (Wildman–Crippen LogP) is 2.25. The molecule has 7 nitrogen and oxygen atoms in total. The van der Waals surface area contributed by atoms with E-state index in [0.717, 1.165) is 5.75 Å². The summed E-state index contributed by atoms with van der Waals surface area (Å²) in [7, 11) is 1.58. The summed E-state index contributed by atoms with van der Waals surface area (Å²) in [5.74, 6) is -0.184. The first kappa shape index (κ1) is 16.5. The van der Waals surface area contributed by atoms with Crippen molar-refractivity contribution >= 4 is 17.6 Å². The Balaban J connectivity index is 2.08. The van der Waals surface area contributed by atoms with Gasteiger partial charge in [0.2, 0.25) is 0 Å². The minimum absolute atomic E-state index is 0.143. The lowest BCUT2D eigenvalue weighted by Gasteiger charge is -2.05. The zero-order chi connectivity index (χ0) is 16.8. The minimum atomic E-state index is -0.511. The number of esters is 1. The smallest absolute Gasteiger partial charge is 0.356 e. The molecule has 0 spiro atoms. The lowest BCUT2D eigenvalue weighted by Crippen LogP contribution is -2.13. The number of benzene rings is 1. The average Bonchev–Trinajstić information content (AvgIpc) is 2.92. The molecular weight excluding hydrogens is 298 g/mol. The van der Waals surface area contributed by atoms with E-state index in [1.165, 1.54) is 10.7 Å². The molecule has 0 aliphatic carbocycles. The molecule has 1 heterocycles. The van der Waals surface area contributed by atoms with Gasteiger partial charge in [-0.15, -0.1) is 0 Å². The Bertz CT molecular complexity index is 692. The largest absolute Gasteiger partial charge is 0.494 e. The van der Waals surface area contributed by atoms with Crippen LogP contribution in [0.4, 0.5) is 5.69 Å². The molecular formula is C16H19N3O4. The molecule has 122 valence electrons. The first-order chi connectivity index (χ1) is 11.0. The zero-order valence-electron chi connectivity index (χ0n) is 13.3. The summed E-state index contributed by atoms with van der Waals surface area (Å²) in [5, 5.41) is 6.75. The predicted molar refractivity (Wildman–Crippen MR) is 84.7 cm³/mol. The third-order valence-corrected chi connectivity index (χ3v) is 3.02. The zero-order valence-corrected chi connectivity index (χ0v) is 13.3. The highest BCUT2D eigenvalue weighted by Gasteiger charge is 2.18. The molecule has 0 aliphatic rings. The summed E-state index contributed by atoms with van der Waals surface area (Å²) < 4.78 is 11.6. The molecule has 1 aromatic heterocycles. The summed E-state index contributed by atoms with van der Waals surface area (Å²) in [5.41, 5.74) is 0.981. The van der Waals surface area contributed by atoms with E-state index < -0.39 is 11.9 Å². The monoisotopic (exact) mass is 317 g/mol. The molecule has 0 bridgehead atoms. The molecule has 0 radical (unpaired) electrons. The van der Waals surface area contributed by atoms with Gasteiger partial charge in [0, 0.05) is 18.8 Å². The van der Waals surface area contributed by atoms with Gasteiger partial charge in [-0.25, -0.2) is 4.79 Å². The maximum atomic E-state index is 12.2. The lowest BCUT2D eigenvalue weighted by atomic mass is 10.3. The number of aromatic nitrogens is 2. The second-order valence-electron chi connectivity index (χ2n) is 4.67. The van der Waals surface area contributed by atoms with E-state index in [2.05, 4.69) is 10.4 Å². The van der Waals surface area contributed by atoms with E-state index in [0.29, 0.717) is 12.3 Å². The van der Waals surface area contributed by atoms with E-state index in [-0.39, 0.29) is 18.0 Å². The highest BCUT2D eigenvalue weighted by Crippen LogP contribution is 2.16. The Labute approximate surface area is 134 Å². The number of amides is 1. The molecule has 1 amide bonds. The Morgan fingerprint density at radius 2 is 1.87 bits per heavy atom. The molecule has 1 aromatic carbocycles. The summed E-state index contributed by atoms with van der Waals surface area (Å²) in [6.07, 6.45) is 0. The normalized spacial score (nSPS) is 10.2. The maximum absolute atomic E-state index is 12.2. The number of rotatable bonds is 6. The van der Waals surface area contributed by atoms with Crippen molar-refractivity contribution in [2.75, 3.05) is 18.5 Å².